The van der Waals surface area contributed by atoms with Crippen LogP contribution in [-0.4, -0.2) is 32.5 Å². The Morgan fingerprint density at radius 3 is 2.94 bits per heavy atom. The van der Waals surface area contributed by atoms with Crippen LogP contribution in [-0.2, 0) is 4.74 Å². The van der Waals surface area contributed by atoms with E-state index < -0.39 is 0 Å². The van der Waals surface area contributed by atoms with E-state index in [1.165, 1.54) is 0 Å². The lowest BCUT2D eigenvalue weighted by Gasteiger charge is -2.08. The molecule has 1 saturated heterocycles. The van der Waals surface area contributed by atoms with Gasteiger partial charge in [0.1, 0.15) is 11.1 Å². The third-order valence-corrected chi connectivity index (χ3v) is 4.18. The van der Waals surface area contributed by atoms with Gasteiger partial charge in [-0.25, -0.2) is 0 Å². The summed E-state index contributed by atoms with van der Waals surface area (Å²) in [7, 11) is 0. The van der Waals surface area contributed by atoms with Crippen LogP contribution in [0.1, 0.15) is 49.5 Å². The molecule has 0 aromatic carbocycles. The number of hydrogen-bond acceptors (Lipinski definition) is 6. The average Bonchev–Trinajstić information content (AvgIpc) is 3.02. The van der Waals surface area contributed by atoms with Crippen molar-refractivity contribution in [1.29, 1.82) is 0 Å². The molecule has 6 nitrogen and oxygen atoms in total. The normalized spacial score (nSPS) is 24.4. The van der Waals surface area contributed by atoms with E-state index >= 15 is 0 Å². The molecule has 0 amide bonds. The van der Waals surface area contributed by atoms with Crippen LogP contribution in [0.4, 0.5) is 0 Å². The number of fused-ring (bicyclic) bond motifs is 1. The lowest BCUT2D eigenvalue weighted by molar-refractivity contribution is 0.0492. The van der Waals surface area contributed by atoms with Crippen LogP contribution in [0.25, 0.3) is 4.96 Å². The van der Waals surface area contributed by atoms with Gasteiger partial charge in [-0.05, 0) is 12.8 Å². The predicted octanol–water partition coefficient (Wildman–Crippen LogP) is 1.49. The van der Waals surface area contributed by atoms with Gasteiger partial charge in [-0.3, -0.25) is 0 Å². The molecule has 3 heterocycles. The standard InChI is InChI=1S/C11H17N5OS/c1-6(2)9-13-14-11-16(9)15-10(18-11)8-4-3-7(5-12)17-8/h6-8H,3-5,12H2,1-2H3. The maximum Gasteiger partial charge on any atom is 0.234 e. The quantitative estimate of drug-likeness (QED) is 0.911. The highest BCUT2D eigenvalue weighted by atomic mass is 32.1. The van der Waals surface area contributed by atoms with Gasteiger partial charge in [-0.1, -0.05) is 25.2 Å². The number of aromatic nitrogens is 4. The third-order valence-electron chi connectivity index (χ3n) is 3.19. The summed E-state index contributed by atoms with van der Waals surface area (Å²) in [5.41, 5.74) is 5.62. The van der Waals surface area contributed by atoms with E-state index in [1.807, 2.05) is 4.52 Å². The van der Waals surface area contributed by atoms with Crippen molar-refractivity contribution >= 4 is 16.3 Å². The van der Waals surface area contributed by atoms with Crippen LogP contribution in [0.15, 0.2) is 0 Å². The summed E-state index contributed by atoms with van der Waals surface area (Å²) in [6, 6.07) is 0. The Morgan fingerprint density at radius 1 is 1.44 bits per heavy atom. The second-order valence-electron chi connectivity index (χ2n) is 4.91. The Morgan fingerprint density at radius 2 is 2.28 bits per heavy atom. The molecule has 3 rings (SSSR count). The number of rotatable bonds is 3. The first kappa shape index (κ1) is 12.0. The zero-order chi connectivity index (χ0) is 12.7. The first-order chi connectivity index (χ1) is 8.69. The summed E-state index contributed by atoms with van der Waals surface area (Å²) in [6.07, 6.45) is 2.25. The molecular weight excluding hydrogens is 250 g/mol. The molecule has 0 spiro atoms. The lowest BCUT2D eigenvalue weighted by Crippen LogP contribution is -2.18. The third kappa shape index (κ3) is 1.92. The van der Waals surface area contributed by atoms with Crippen molar-refractivity contribution in [1.82, 2.24) is 19.8 Å². The zero-order valence-corrected chi connectivity index (χ0v) is 11.4. The van der Waals surface area contributed by atoms with Crippen molar-refractivity contribution in [3.05, 3.63) is 10.8 Å². The van der Waals surface area contributed by atoms with E-state index in [0.29, 0.717) is 12.5 Å². The van der Waals surface area contributed by atoms with Gasteiger partial charge in [0.25, 0.3) is 0 Å². The van der Waals surface area contributed by atoms with Gasteiger partial charge >= 0.3 is 0 Å². The Hall–Kier alpha value is -1.05. The van der Waals surface area contributed by atoms with Crippen molar-refractivity contribution in [2.45, 2.75) is 44.8 Å². The number of nitrogens with zero attached hydrogens (tertiary/aromatic N) is 4. The molecule has 18 heavy (non-hydrogen) atoms. The predicted molar refractivity (Wildman–Crippen MR) is 68.7 cm³/mol. The lowest BCUT2D eigenvalue weighted by atomic mass is 10.2. The van der Waals surface area contributed by atoms with Crippen molar-refractivity contribution < 1.29 is 4.74 Å². The van der Waals surface area contributed by atoms with Crippen molar-refractivity contribution in [3.63, 3.8) is 0 Å². The minimum Gasteiger partial charge on any atom is -0.366 e. The van der Waals surface area contributed by atoms with Gasteiger partial charge in [0.15, 0.2) is 5.82 Å². The summed E-state index contributed by atoms with van der Waals surface area (Å²) < 4.78 is 7.69. The molecule has 98 valence electrons. The van der Waals surface area contributed by atoms with Crippen LogP contribution in [0.3, 0.4) is 0 Å². The van der Waals surface area contributed by atoms with Crippen LogP contribution in [0.5, 0.6) is 0 Å². The Kier molecular flexibility index (Phi) is 3.04. The Labute approximate surface area is 109 Å². The molecule has 2 N–H and O–H groups in total. The molecule has 1 aliphatic heterocycles. The molecule has 0 bridgehead atoms. The molecule has 2 unspecified atom stereocenters. The molecular formula is C11H17N5OS. The van der Waals surface area contributed by atoms with E-state index in [1.54, 1.807) is 11.3 Å². The largest absolute Gasteiger partial charge is 0.366 e. The maximum atomic E-state index is 5.86. The van der Waals surface area contributed by atoms with Gasteiger partial charge in [0.05, 0.1) is 6.10 Å². The highest BCUT2D eigenvalue weighted by molar-refractivity contribution is 7.16. The van der Waals surface area contributed by atoms with Gasteiger partial charge < -0.3 is 10.5 Å². The first-order valence-electron chi connectivity index (χ1n) is 6.26. The molecule has 2 aromatic heterocycles. The second kappa shape index (κ2) is 4.56. The Balaban J connectivity index is 1.90. The van der Waals surface area contributed by atoms with E-state index in [9.17, 15) is 0 Å². The smallest absolute Gasteiger partial charge is 0.234 e. The van der Waals surface area contributed by atoms with Crippen molar-refractivity contribution in [2.75, 3.05) is 6.54 Å². The topological polar surface area (TPSA) is 78.3 Å². The Bertz CT molecular complexity index is 549. The van der Waals surface area contributed by atoms with Gasteiger partial charge in [-0.15, -0.1) is 10.2 Å². The van der Waals surface area contributed by atoms with Crippen LogP contribution >= 0.6 is 11.3 Å². The second-order valence-corrected chi connectivity index (χ2v) is 5.89. The molecule has 0 aliphatic carbocycles. The molecule has 0 saturated carbocycles. The zero-order valence-electron chi connectivity index (χ0n) is 10.5. The highest BCUT2D eigenvalue weighted by Crippen LogP contribution is 2.34. The minimum atomic E-state index is 0.0743. The highest BCUT2D eigenvalue weighted by Gasteiger charge is 2.29. The van der Waals surface area contributed by atoms with Crippen molar-refractivity contribution in [2.24, 2.45) is 5.73 Å². The summed E-state index contributed by atoms with van der Waals surface area (Å²) in [6.45, 7) is 4.76. The first-order valence-corrected chi connectivity index (χ1v) is 7.08. The van der Waals surface area contributed by atoms with E-state index in [-0.39, 0.29) is 12.2 Å². The fourth-order valence-electron chi connectivity index (χ4n) is 2.20. The summed E-state index contributed by atoms with van der Waals surface area (Å²) in [4.78, 5) is 0.841. The molecule has 2 aromatic rings. The number of hydrogen-bond donors (Lipinski definition) is 1. The van der Waals surface area contributed by atoms with E-state index in [0.717, 1.165) is 28.6 Å². The summed E-state index contributed by atoms with van der Waals surface area (Å²) in [5.74, 6) is 1.22. The molecule has 1 fully saturated rings. The fourth-order valence-corrected chi connectivity index (χ4v) is 3.11. The average molecular weight is 267 g/mol. The number of ether oxygens (including phenoxy) is 1. The van der Waals surface area contributed by atoms with Crippen LogP contribution in [0.2, 0.25) is 0 Å². The summed E-state index contributed by atoms with van der Waals surface area (Å²) >= 11 is 1.56. The molecule has 1 aliphatic rings. The fraction of sp³-hybridized carbons (Fsp3) is 0.727. The van der Waals surface area contributed by atoms with Crippen LogP contribution in [0, 0.1) is 0 Å². The van der Waals surface area contributed by atoms with Crippen LogP contribution < -0.4 is 5.73 Å². The minimum absolute atomic E-state index is 0.0743. The van der Waals surface area contributed by atoms with Crippen molar-refractivity contribution in [3.8, 4) is 0 Å². The molecule has 7 heteroatoms. The SMILES string of the molecule is CC(C)c1nnc2sc(C3CCC(CN)O3)nn12. The monoisotopic (exact) mass is 267 g/mol. The van der Waals surface area contributed by atoms with E-state index in [2.05, 4.69) is 29.1 Å². The molecule has 2 atom stereocenters. The van der Waals surface area contributed by atoms with Gasteiger partial charge in [0, 0.05) is 12.5 Å². The van der Waals surface area contributed by atoms with E-state index in [4.69, 9.17) is 10.5 Å². The molecule has 0 radical (unpaired) electrons. The summed E-state index contributed by atoms with van der Waals surface area (Å²) in [5, 5.41) is 13.9. The maximum absolute atomic E-state index is 5.86. The number of nitrogens with two attached hydrogens (primary N) is 1. The van der Waals surface area contributed by atoms with Gasteiger partial charge in [0.2, 0.25) is 4.96 Å². The van der Waals surface area contributed by atoms with Gasteiger partial charge in [-0.2, -0.15) is 9.61 Å².